The van der Waals surface area contributed by atoms with Crippen molar-refractivity contribution in [3.8, 4) is 11.5 Å². The van der Waals surface area contributed by atoms with Gasteiger partial charge >= 0.3 is 0 Å². The molecule has 0 saturated carbocycles. The maximum Gasteiger partial charge on any atom is 0.193 e. The molecule has 0 aliphatic carbocycles. The van der Waals surface area contributed by atoms with E-state index in [1.165, 1.54) is 0 Å². The van der Waals surface area contributed by atoms with Crippen molar-refractivity contribution in [1.82, 2.24) is 15.2 Å². The molecule has 0 unspecified atom stereocenters. The van der Waals surface area contributed by atoms with Gasteiger partial charge in [-0.25, -0.2) is 0 Å². The van der Waals surface area contributed by atoms with Crippen molar-refractivity contribution >= 4 is 5.96 Å². The molecule has 0 aliphatic heterocycles. The molecule has 2 rings (SSSR count). The van der Waals surface area contributed by atoms with Crippen LogP contribution < -0.4 is 14.8 Å². The summed E-state index contributed by atoms with van der Waals surface area (Å²) >= 11 is 0. The molecule has 134 valence electrons. The first-order valence-corrected chi connectivity index (χ1v) is 8.23. The second-order valence-electron chi connectivity index (χ2n) is 5.61. The highest BCUT2D eigenvalue weighted by Gasteiger charge is 2.07. The van der Waals surface area contributed by atoms with Crippen LogP contribution in [0.15, 0.2) is 47.6 Å². The van der Waals surface area contributed by atoms with Crippen LogP contribution in [0.3, 0.4) is 0 Å². The maximum atomic E-state index is 5.76. The van der Waals surface area contributed by atoms with Crippen LogP contribution in [0, 0.1) is 6.92 Å². The third-order valence-corrected chi connectivity index (χ3v) is 3.86. The van der Waals surface area contributed by atoms with Gasteiger partial charge in [0.2, 0.25) is 0 Å². The Morgan fingerprint density at radius 1 is 1.20 bits per heavy atom. The van der Waals surface area contributed by atoms with E-state index >= 15 is 0 Å². The lowest BCUT2D eigenvalue weighted by Gasteiger charge is -2.22. The molecule has 0 amide bonds. The molecule has 6 heteroatoms. The number of ether oxygens (including phenoxy) is 2. The number of methoxy groups -OCH3 is 1. The monoisotopic (exact) mass is 342 g/mol. The molecule has 1 heterocycles. The molecule has 0 aliphatic rings. The normalized spacial score (nSPS) is 11.1. The average molecular weight is 342 g/mol. The van der Waals surface area contributed by atoms with Crippen LogP contribution in [-0.4, -0.2) is 50.2 Å². The number of hydrogen-bond acceptors (Lipinski definition) is 4. The quantitative estimate of drug-likeness (QED) is 0.619. The summed E-state index contributed by atoms with van der Waals surface area (Å²) in [5.74, 6) is 2.45. The third kappa shape index (κ3) is 5.67. The molecular formula is C19H26N4O2. The summed E-state index contributed by atoms with van der Waals surface area (Å²) < 4.78 is 10.9. The fourth-order valence-corrected chi connectivity index (χ4v) is 2.33. The Morgan fingerprint density at radius 3 is 2.56 bits per heavy atom. The van der Waals surface area contributed by atoms with E-state index in [4.69, 9.17) is 9.47 Å². The number of pyridine rings is 1. The highest BCUT2D eigenvalue weighted by Crippen LogP contribution is 2.16. The number of aryl methyl sites for hydroxylation is 1. The van der Waals surface area contributed by atoms with Crippen molar-refractivity contribution in [2.75, 3.05) is 34.4 Å². The van der Waals surface area contributed by atoms with Crippen LogP contribution in [0.2, 0.25) is 0 Å². The number of benzene rings is 1. The lowest BCUT2D eigenvalue weighted by atomic mass is 10.2. The van der Waals surface area contributed by atoms with Crippen LogP contribution in [0.25, 0.3) is 0 Å². The van der Waals surface area contributed by atoms with Crippen molar-refractivity contribution in [3.05, 3.63) is 53.9 Å². The molecule has 0 fully saturated rings. The standard InChI is InChI=1S/C19H26N4O2/c1-15-6-5-11-21-18(15)14-22-19(20-2)23(3)12-13-25-17-9-7-16(24-4)8-10-17/h5-11H,12-14H2,1-4H3,(H,20,22). The minimum atomic E-state index is 0.562. The zero-order valence-electron chi connectivity index (χ0n) is 15.3. The van der Waals surface area contributed by atoms with Crippen molar-refractivity contribution in [2.45, 2.75) is 13.5 Å². The maximum absolute atomic E-state index is 5.76. The summed E-state index contributed by atoms with van der Waals surface area (Å²) in [7, 11) is 5.41. The molecule has 1 aromatic heterocycles. The van der Waals surface area contributed by atoms with Gasteiger partial charge in [0, 0.05) is 20.3 Å². The Balaban J connectivity index is 1.79. The van der Waals surface area contributed by atoms with E-state index in [0.29, 0.717) is 19.7 Å². The van der Waals surface area contributed by atoms with Gasteiger partial charge in [0.1, 0.15) is 18.1 Å². The topological polar surface area (TPSA) is 59.0 Å². The molecule has 0 radical (unpaired) electrons. The molecular weight excluding hydrogens is 316 g/mol. The van der Waals surface area contributed by atoms with Gasteiger partial charge < -0.3 is 19.7 Å². The third-order valence-electron chi connectivity index (χ3n) is 3.86. The van der Waals surface area contributed by atoms with Gasteiger partial charge in [0.15, 0.2) is 5.96 Å². The molecule has 0 atom stereocenters. The number of guanidine groups is 1. The fourth-order valence-electron chi connectivity index (χ4n) is 2.33. The van der Waals surface area contributed by atoms with Crippen LogP contribution in [-0.2, 0) is 6.54 Å². The van der Waals surface area contributed by atoms with Crippen LogP contribution >= 0.6 is 0 Å². The van der Waals surface area contributed by atoms with Gasteiger partial charge in [-0.15, -0.1) is 0 Å². The van der Waals surface area contributed by atoms with E-state index in [-0.39, 0.29) is 0 Å². The van der Waals surface area contributed by atoms with Crippen molar-refractivity contribution < 1.29 is 9.47 Å². The Morgan fingerprint density at radius 2 is 1.92 bits per heavy atom. The van der Waals surface area contributed by atoms with Gasteiger partial charge in [0.05, 0.1) is 25.9 Å². The summed E-state index contributed by atoms with van der Waals surface area (Å²) in [6.07, 6.45) is 1.80. The zero-order chi connectivity index (χ0) is 18.1. The van der Waals surface area contributed by atoms with Crippen LogP contribution in [0.4, 0.5) is 0 Å². The highest BCUT2D eigenvalue weighted by atomic mass is 16.5. The number of hydrogen-bond donors (Lipinski definition) is 1. The van der Waals surface area contributed by atoms with E-state index in [2.05, 4.69) is 28.3 Å². The molecule has 1 N–H and O–H groups in total. The molecule has 2 aromatic rings. The van der Waals surface area contributed by atoms with Crippen molar-refractivity contribution in [1.29, 1.82) is 0 Å². The molecule has 0 spiro atoms. The number of aromatic nitrogens is 1. The van der Waals surface area contributed by atoms with Crippen LogP contribution in [0.1, 0.15) is 11.3 Å². The summed E-state index contributed by atoms with van der Waals surface area (Å²) in [6, 6.07) is 11.6. The summed E-state index contributed by atoms with van der Waals surface area (Å²) in [6.45, 7) is 3.97. The van der Waals surface area contributed by atoms with E-state index in [1.807, 2.05) is 42.3 Å². The summed E-state index contributed by atoms with van der Waals surface area (Å²) in [5, 5.41) is 3.33. The lowest BCUT2D eigenvalue weighted by Crippen LogP contribution is -2.40. The van der Waals surface area contributed by atoms with Gasteiger partial charge in [0.25, 0.3) is 0 Å². The van der Waals surface area contributed by atoms with E-state index in [0.717, 1.165) is 28.7 Å². The molecule has 6 nitrogen and oxygen atoms in total. The SMILES string of the molecule is CN=C(NCc1ncccc1C)N(C)CCOc1ccc(OC)cc1. The summed E-state index contributed by atoms with van der Waals surface area (Å²) in [5.41, 5.74) is 2.18. The minimum absolute atomic E-state index is 0.562. The van der Waals surface area contributed by atoms with Crippen molar-refractivity contribution in [3.63, 3.8) is 0 Å². The number of nitrogens with zero attached hydrogens (tertiary/aromatic N) is 3. The first-order valence-electron chi connectivity index (χ1n) is 8.23. The van der Waals surface area contributed by atoms with E-state index in [1.54, 1.807) is 20.4 Å². The smallest absolute Gasteiger partial charge is 0.193 e. The summed E-state index contributed by atoms with van der Waals surface area (Å²) in [4.78, 5) is 10.7. The van der Waals surface area contributed by atoms with Crippen molar-refractivity contribution in [2.24, 2.45) is 4.99 Å². The number of likely N-dealkylation sites (N-methyl/N-ethyl adjacent to an activating group) is 1. The predicted octanol–water partition coefficient (Wildman–Crippen LogP) is 2.48. The number of nitrogens with one attached hydrogen (secondary N) is 1. The Labute approximate surface area is 149 Å². The largest absolute Gasteiger partial charge is 0.497 e. The van der Waals surface area contributed by atoms with Crippen LogP contribution in [0.5, 0.6) is 11.5 Å². The first kappa shape index (κ1) is 18.6. The Hall–Kier alpha value is -2.76. The Kier molecular flexibility index (Phi) is 7.07. The highest BCUT2D eigenvalue weighted by molar-refractivity contribution is 5.79. The zero-order valence-corrected chi connectivity index (χ0v) is 15.3. The van der Waals surface area contributed by atoms with Gasteiger partial charge in [-0.1, -0.05) is 6.07 Å². The molecule has 25 heavy (non-hydrogen) atoms. The second-order valence-corrected chi connectivity index (χ2v) is 5.61. The van der Waals surface area contributed by atoms with Gasteiger partial charge in [-0.2, -0.15) is 0 Å². The molecule has 0 bridgehead atoms. The number of rotatable bonds is 7. The molecule has 1 aromatic carbocycles. The van der Waals surface area contributed by atoms with Gasteiger partial charge in [-0.05, 0) is 42.8 Å². The fraction of sp³-hybridized carbons (Fsp3) is 0.368. The Bertz CT molecular complexity index is 686. The van der Waals surface area contributed by atoms with Gasteiger partial charge in [-0.3, -0.25) is 9.98 Å². The minimum Gasteiger partial charge on any atom is -0.497 e. The second kappa shape index (κ2) is 9.52. The average Bonchev–Trinajstić information content (AvgIpc) is 2.64. The van der Waals surface area contributed by atoms with E-state index in [9.17, 15) is 0 Å². The number of aliphatic imine (C=N–C) groups is 1. The lowest BCUT2D eigenvalue weighted by molar-refractivity contribution is 0.281. The molecule has 0 saturated heterocycles. The van der Waals surface area contributed by atoms with E-state index < -0.39 is 0 Å². The predicted molar refractivity (Wildman–Crippen MR) is 100 cm³/mol. The first-order chi connectivity index (χ1) is 12.1.